The average molecular weight is 416 g/mol. The lowest BCUT2D eigenvalue weighted by Crippen LogP contribution is -2.12. The highest BCUT2D eigenvalue weighted by atomic mass is 35.5. The summed E-state index contributed by atoms with van der Waals surface area (Å²) in [4.78, 5) is 1.76. The van der Waals surface area contributed by atoms with Gasteiger partial charge in [-0.25, -0.2) is 8.42 Å². The SMILES string of the molecule is O=S(=O)(Nc1ccccc1Sc1ccc(Cl)cc1)c1ccc(Cl)s1. The fraction of sp³-hybridized carbons (Fsp3) is 0. The first kappa shape index (κ1) is 17.6. The van der Waals surface area contributed by atoms with E-state index in [4.69, 9.17) is 23.2 Å². The molecule has 0 saturated carbocycles. The Morgan fingerprint density at radius 3 is 2.29 bits per heavy atom. The van der Waals surface area contributed by atoms with E-state index in [9.17, 15) is 8.42 Å². The lowest BCUT2D eigenvalue weighted by Gasteiger charge is -2.11. The molecular formula is C16H11Cl2NO2S3. The third-order valence-electron chi connectivity index (χ3n) is 2.99. The lowest BCUT2D eigenvalue weighted by atomic mass is 10.3. The monoisotopic (exact) mass is 415 g/mol. The van der Waals surface area contributed by atoms with Crippen molar-refractivity contribution in [2.75, 3.05) is 4.72 Å². The molecule has 3 aromatic rings. The first-order valence-electron chi connectivity index (χ1n) is 6.75. The molecule has 0 saturated heterocycles. The predicted octanol–water partition coefficient (Wildman–Crippen LogP) is 6.01. The Kier molecular flexibility index (Phi) is 5.42. The third-order valence-corrected chi connectivity index (χ3v) is 7.41. The van der Waals surface area contributed by atoms with E-state index in [1.54, 1.807) is 30.3 Å². The molecule has 0 aliphatic carbocycles. The Labute approximate surface area is 158 Å². The van der Waals surface area contributed by atoms with E-state index in [2.05, 4.69) is 4.72 Å². The van der Waals surface area contributed by atoms with E-state index in [0.717, 1.165) is 21.1 Å². The van der Waals surface area contributed by atoms with Crippen molar-refractivity contribution in [2.45, 2.75) is 14.0 Å². The summed E-state index contributed by atoms with van der Waals surface area (Å²) in [5.41, 5.74) is 0.516. The molecule has 1 aromatic heterocycles. The van der Waals surface area contributed by atoms with Crippen LogP contribution in [0.4, 0.5) is 5.69 Å². The van der Waals surface area contributed by atoms with Crippen molar-refractivity contribution in [1.82, 2.24) is 0 Å². The minimum absolute atomic E-state index is 0.179. The smallest absolute Gasteiger partial charge is 0.271 e. The van der Waals surface area contributed by atoms with Crippen molar-refractivity contribution in [1.29, 1.82) is 0 Å². The molecule has 24 heavy (non-hydrogen) atoms. The molecule has 0 atom stereocenters. The molecule has 0 unspecified atom stereocenters. The van der Waals surface area contributed by atoms with Gasteiger partial charge in [0.05, 0.1) is 10.0 Å². The topological polar surface area (TPSA) is 46.2 Å². The second-order valence-corrected chi connectivity index (χ2v) is 9.89. The minimum Gasteiger partial charge on any atom is -0.278 e. The number of thiophene rings is 1. The Balaban J connectivity index is 1.88. The van der Waals surface area contributed by atoms with Gasteiger partial charge in [-0.1, -0.05) is 47.1 Å². The van der Waals surface area contributed by atoms with Crippen LogP contribution in [-0.2, 0) is 10.0 Å². The van der Waals surface area contributed by atoms with Crippen LogP contribution in [0.3, 0.4) is 0 Å². The largest absolute Gasteiger partial charge is 0.278 e. The van der Waals surface area contributed by atoms with Gasteiger partial charge in [0.15, 0.2) is 0 Å². The Bertz CT molecular complexity index is 953. The molecule has 0 amide bonds. The van der Waals surface area contributed by atoms with Gasteiger partial charge in [-0.2, -0.15) is 0 Å². The summed E-state index contributed by atoms with van der Waals surface area (Å²) in [5.74, 6) is 0. The number of rotatable bonds is 5. The van der Waals surface area contributed by atoms with Crippen molar-refractivity contribution in [3.63, 3.8) is 0 Å². The summed E-state index contributed by atoms with van der Waals surface area (Å²) in [7, 11) is -3.66. The molecule has 1 N–H and O–H groups in total. The number of halogens is 2. The molecule has 2 aromatic carbocycles. The first-order valence-corrected chi connectivity index (χ1v) is 10.6. The van der Waals surface area contributed by atoms with Crippen LogP contribution in [0.15, 0.2) is 74.7 Å². The normalized spacial score (nSPS) is 11.4. The lowest BCUT2D eigenvalue weighted by molar-refractivity contribution is 0.603. The van der Waals surface area contributed by atoms with Crippen molar-refractivity contribution >= 4 is 62.0 Å². The van der Waals surface area contributed by atoms with Crippen LogP contribution in [-0.4, -0.2) is 8.42 Å². The van der Waals surface area contributed by atoms with Crippen LogP contribution in [0.5, 0.6) is 0 Å². The number of nitrogens with one attached hydrogen (secondary N) is 1. The highest BCUT2D eigenvalue weighted by molar-refractivity contribution is 7.99. The minimum atomic E-state index is -3.66. The van der Waals surface area contributed by atoms with E-state index in [-0.39, 0.29) is 4.21 Å². The van der Waals surface area contributed by atoms with Gasteiger partial charge in [-0.15, -0.1) is 11.3 Å². The number of anilines is 1. The Morgan fingerprint density at radius 2 is 1.62 bits per heavy atom. The number of para-hydroxylation sites is 1. The molecule has 0 radical (unpaired) electrons. The average Bonchev–Trinajstić information content (AvgIpc) is 2.99. The molecule has 0 spiro atoms. The van der Waals surface area contributed by atoms with Crippen LogP contribution < -0.4 is 4.72 Å². The van der Waals surface area contributed by atoms with Crippen LogP contribution in [0, 0.1) is 0 Å². The second-order valence-electron chi connectivity index (χ2n) is 4.72. The number of benzene rings is 2. The highest BCUT2D eigenvalue weighted by Crippen LogP contribution is 2.35. The number of hydrogen-bond acceptors (Lipinski definition) is 4. The van der Waals surface area contributed by atoms with Crippen LogP contribution >= 0.6 is 46.3 Å². The van der Waals surface area contributed by atoms with E-state index in [1.807, 2.05) is 24.3 Å². The molecule has 3 nitrogen and oxygen atoms in total. The highest BCUT2D eigenvalue weighted by Gasteiger charge is 2.18. The zero-order chi connectivity index (χ0) is 17.2. The van der Waals surface area contributed by atoms with Gasteiger partial charge in [0.2, 0.25) is 0 Å². The van der Waals surface area contributed by atoms with Gasteiger partial charge in [-0.3, -0.25) is 4.72 Å². The summed E-state index contributed by atoms with van der Waals surface area (Å²) < 4.78 is 28.2. The van der Waals surface area contributed by atoms with E-state index < -0.39 is 10.0 Å². The summed E-state index contributed by atoms with van der Waals surface area (Å²) in [6, 6.07) is 17.6. The van der Waals surface area contributed by atoms with Crippen LogP contribution in [0.1, 0.15) is 0 Å². The number of hydrogen-bond donors (Lipinski definition) is 1. The van der Waals surface area contributed by atoms with Crippen LogP contribution in [0.2, 0.25) is 9.36 Å². The quantitative estimate of drug-likeness (QED) is 0.554. The Hall–Kier alpha value is -1.18. The maximum Gasteiger partial charge on any atom is 0.271 e. The van der Waals surface area contributed by atoms with Gasteiger partial charge >= 0.3 is 0 Å². The Morgan fingerprint density at radius 1 is 0.917 bits per heavy atom. The fourth-order valence-corrected chi connectivity index (χ4v) is 5.56. The van der Waals surface area contributed by atoms with Gasteiger partial charge in [0.25, 0.3) is 10.0 Å². The molecular weight excluding hydrogens is 405 g/mol. The molecule has 0 aliphatic heterocycles. The molecule has 8 heteroatoms. The zero-order valence-corrected chi connectivity index (χ0v) is 16.0. The number of sulfonamides is 1. The molecule has 0 fully saturated rings. The standard InChI is InChI=1S/C16H11Cl2NO2S3/c17-11-5-7-12(8-6-11)22-14-4-2-1-3-13(14)19-24(20,21)16-10-9-15(18)23-16/h1-10,19H. The molecule has 3 rings (SSSR count). The molecule has 0 bridgehead atoms. The third kappa shape index (κ3) is 4.26. The summed E-state index contributed by atoms with van der Waals surface area (Å²) in [5, 5.41) is 0.655. The summed E-state index contributed by atoms with van der Waals surface area (Å²) >= 11 is 14.2. The molecule has 1 heterocycles. The maximum atomic E-state index is 12.5. The van der Waals surface area contributed by atoms with Crippen molar-refractivity contribution in [2.24, 2.45) is 0 Å². The van der Waals surface area contributed by atoms with Crippen molar-refractivity contribution in [3.05, 3.63) is 70.0 Å². The summed E-state index contributed by atoms with van der Waals surface area (Å²) in [6.45, 7) is 0. The van der Waals surface area contributed by atoms with E-state index in [1.165, 1.54) is 17.8 Å². The molecule has 0 aliphatic rings. The van der Waals surface area contributed by atoms with Crippen LogP contribution in [0.25, 0.3) is 0 Å². The second kappa shape index (κ2) is 7.37. The van der Waals surface area contributed by atoms with Crippen molar-refractivity contribution < 1.29 is 8.42 Å². The van der Waals surface area contributed by atoms with Crippen molar-refractivity contribution in [3.8, 4) is 0 Å². The summed E-state index contributed by atoms with van der Waals surface area (Å²) in [6.07, 6.45) is 0. The van der Waals surface area contributed by atoms with Gasteiger partial charge in [0.1, 0.15) is 4.21 Å². The van der Waals surface area contributed by atoms with E-state index >= 15 is 0 Å². The van der Waals surface area contributed by atoms with Gasteiger partial charge in [-0.05, 0) is 48.5 Å². The zero-order valence-electron chi connectivity index (χ0n) is 12.1. The fourth-order valence-electron chi connectivity index (χ4n) is 1.91. The maximum absolute atomic E-state index is 12.5. The van der Waals surface area contributed by atoms with E-state index in [0.29, 0.717) is 15.0 Å². The van der Waals surface area contributed by atoms with Gasteiger partial charge < -0.3 is 0 Å². The molecule has 124 valence electrons. The first-order chi connectivity index (χ1) is 11.4. The van der Waals surface area contributed by atoms with Gasteiger partial charge in [0, 0.05) is 14.8 Å². The predicted molar refractivity (Wildman–Crippen MR) is 102 cm³/mol.